The van der Waals surface area contributed by atoms with Gasteiger partial charge in [0.2, 0.25) is 0 Å². The lowest BCUT2D eigenvalue weighted by molar-refractivity contribution is 0.0977. The van der Waals surface area contributed by atoms with Crippen LogP contribution in [-0.4, -0.2) is 5.78 Å². The lowest BCUT2D eigenvalue weighted by Crippen LogP contribution is -2.13. The maximum Gasteiger partial charge on any atom is 0.184 e. The average Bonchev–Trinajstić information content (AvgIpc) is 2.40. The lowest BCUT2D eigenvalue weighted by Gasteiger charge is -2.10. The highest BCUT2D eigenvalue weighted by Crippen LogP contribution is 2.25. The van der Waals surface area contributed by atoms with Crippen LogP contribution in [0.25, 0.3) is 0 Å². The normalized spacial score (nSPS) is 11.7. The van der Waals surface area contributed by atoms with Gasteiger partial charge in [-0.15, -0.1) is 0 Å². The molecule has 0 heterocycles. The zero-order chi connectivity index (χ0) is 14.7. The maximum absolute atomic E-state index is 13.7. The molecule has 100 valence electrons. The van der Waals surface area contributed by atoms with Crippen molar-refractivity contribution < 1.29 is 9.18 Å². The summed E-state index contributed by atoms with van der Waals surface area (Å²) in [6, 6.07) is 12.9. The summed E-state index contributed by atoms with van der Waals surface area (Å²) in [5.41, 5.74) is 1.40. The summed E-state index contributed by atoms with van der Waals surface area (Å²) in [7, 11) is 0. The zero-order valence-corrected chi connectivity index (χ0v) is 12.3. The first kappa shape index (κ1) is 14.4. The van der Waals surface area contributed by atoms with Crippen LogP contribution in [0.15, 0.2) is 46.9 Å². The van der Waals surface area contributed by atoms with Crippen LogP contribution in [0.5, 0.6) is 0 Å². The van der Waals surface area contributed by atoms with Gasteiger partial charge in [0.05, 0.1) is 6.07 Å². The van der Waals surface area contributed by atoms with E-state index in [9.17, 15) is 14.4 Å². The molecule has 0 amide bonds. The van der Waals surface area contributed by atoms with Gasteiger partial charge in [-0.25, -0.2) is 4.39 Å². The quantitative estimate of drug-likeness (QED) is 0.783. The fourth-order valence-electron chi connectivity index (χ4n) is 2.02. The van der Waals surface area contributed by atoms with Crippen LogP contribution in [0.4, 0.5) is 4.39 Å². The summed E-state index contributed by atoms with van der Waals surface area (Å²) in [5.74, 6) is -2.08. The van der Waals surface area contributed by atoms with Gasteiger partial charge in [-0.3, -0.25) is 4.79 Å². The topological polar surface area (TPSA) is 40.9 Å². The molecule has 4 heteroatoms. The van der Waals surface area contributed by atoms with E-state index in [-0.39, 0.29) is 5.56 Å². The van der Waals surface area contributed by atoms with Crippen LogP contribution in [-0.2, 0) is 0 Å². The van der Waals surface area contributed by atoms with Crippen molar-refractivity contribution in [1.82, 2.24) is 0 Å². The van der Waals surface area contributed by atoms with E-state index < -0.39 is 17.5 Å². The molecule has 0 aromatic heterocycles. The second-order valence-corrected chi connectivity index (χ2v) is 5.38. The van der Waals surface area contributed by atoms with Crippen molar-refractivity contribution >= 4 is 21.7 Å². The highest BCUT2D eigenvalue weighted by Gasteiger charge is 2.24. The van der Waals surface area contributed by atoms with Gasteiger partial charge in [0.25, 0.3) is 0 Å². The fourth-order valence-corrected chi connectivity index (χ4v) is 2.63. The first-order chi connectivity index (χ1) is 9.52. The van der Waals surface area contributed by atoms with Crippen LogP contribution >= 0.6 is 15.9 Å². The molecule has 20 heavy (non-hydrogen) atoms. The number of carbonyl (C=O) groups is 1. The van der Waals surface area contributed by atoms with Crippen LogP contribution in [0.3, 0.4) is 0 Å². The van der Waals surface area contributed by atoms with Crippen molar-refractivity contribution in [1.29, 1.82) is 5.26 Å². The number of hydrogen-bond donors (Lipinski definition) is 0. The number of nitriles is 1. The number of ketones is 1. The Kier molecular flexibility index (Phi) is 4.31. The standard InChI is InChI=1S/C16H11BrFNO/c1-10-6-11(8-12(17)7-10)16(20)14(9-19)13-4-2-3-5-15(13)18/h2-8,14H,1H3. The van der Waals surface area contributed by atoms with Crippen molar-refractivity contribution in [3.8, 4) is 6.07 Å². The Morgan fingerprint density at radius 3 is 2.60 bits per heavy atom. The predicted octanol–water partition coefficient (Wildman–Crippen LogP) is 4.39. The summed E-state index contributed by atoms with van der Waals surface area (Å²) in [4.78, 5) is 12.4. The number of benzene rings is 2. The summed E-state index contributed by atoms with van der Waals surface area (Å²) in [5, 5.41) is 9.23. The van der Waals surface area contributed by atoms with E-state index >= 15 is 0 Å². The molecule has 0 bridgehead atoms. The van der Waals surface area contributed by atoms with E-state index in [1.54, 1.807) is 18.2 Å². The molecule has 2 aromatic rings. The molecular weight excluding hydrogens is 321 g/mol. The number of aryl methyl sites for hydroxylation is 1. The van der Waals surface area contributed by atoms with Gasteiger partial charge in [0, 0.05) is 15.6 Å². The molecule has 0 aliphatic rings. The lowest BCUT2D eigenvalue weighted by atomic mass is 9.91. The molecule has 0 saturated heterocycles. The number of Topliss-reactive ketones (excluding diaryl/α,β-unsaturated/α-hetero) is 1. The molecule has 2 aromatic carbocycles. The molecule has 0 spiro atoms. The largest absolute Gasteiger partial charge is 0.292 e. The van der Waals surface area contributed by atoms with Crippen molar-refractivity contribution in [2.24, 2.45) is 0 Å². The van der Waals surface area contributed by atoms with Crippen molar-refractivity contribution in [3.63, 3.8) is 0 Å². The number of halogens is 2. The van der Waals surface area contributed by atoms with Gasteiger partial charge in [-0.05, 0) is 36.8 Å². The van der Waals surface area contributed by atoms with Crippen molar-refractivity contribution in [2.45, 2.75) is 12.8 Å². The van der Waals surface area contributed by atoms with E-state index in [0.717, 1.165) is 10.0 Å². The minimum atomic E-state index is -1.13. The highest BCUT2D eigenvalue weighted by atomic mass is 79.9. The number of hydrogen-bond acceptors (Lipinski definition) is 2. The van der Waals surface area contributed by atoms with E-state index in [2.05, 4.69) is 15.9 Å². The van der Waals surface area contributed by atoms with Crippen LogP contribution < -0.4 is 0 Å². The molecule has 2 nitrogen and oxygen atoms in total. The molecule has 0 fully saturated rings. The third kappa shape index (κ3) is 2.94. The Morgan fingerprint density at radius 1 is 1.30 bits per heavy atom. The Morgan fingerprint density at radius 2 is 2.00 bits per heavy atom. The van der Waals surface area contributed by atoms with E-state index in [1.165, 1.54) is 18.2 Å². The second-order valence-electron chi connectivity index (χ2n) is 4.47. The van der Waals surface area contributed by atoms with Crippen LogP contribution in [0.1, 0.15) is 27.4 Å². The summed E-state index contributed by atoms with van der Waals surface area (Å²) < 4.78 is 14.5. The fraction of sp³-hybridized carbons (Fsp3) is 0.125. The first-order valence-corrected chi connectivity index (χ1v) is 6.77. The Labute approximate surface area is 125 Å². The Balaban J connectivity index is 2.45. The van der Waals surface area contributed by atoms with Crippen molar-refractivity contribution in [3.05, 3.63) is 69.4 Å². The molecule has 1 atom stereocenters. The second kappa shape index (κ2) is 5.98. The molecular formula is C16H11BrFNO. The monoisotopic (exact) mass is 331 g/mol. The van der Waals surface area contributed by atoms with E-state index in [4.69, 9.17) is 0 Å². The molecule has 1 unspecified atom stereocenters. The number of carbonyl (C=O) groups excluding carboxylic acids is 1. The SMILES string of the molecule is Cc1cc(Br)cc(C(=O)C(C#N)c2ccccc2F)c1. The maximum atomic E-state index is 13.7. The smallest absolute Gasteiger partial charge is 0.184 e. The molecule has 0 radical (unpaired) electrons. The number of rotatable bonds is 3. The average molecular weight is 332 g/mol. The van der Waals surface area contributed by atoms with Gasteiger partial charge in [0.1, 0.15) is 11.7 Å². The first-order valence-electron chi connectivity index (χ1n) is 5.98. The summed E-state index contributed by atoms with van der Waals surface area (Å²) >= 11 is 3.31. The summed E-state index contributed by atoms with van der Waals surface area (Å²) in [6.45, 7) is 1.85. The van der Waals surface area contributed by atoms with Crippen LogP contribution in [0, 0.1) is 24.1 Å². The van der Waals surface area contributed by atoms with Gasteiger partial charge < -0.3 is 0 Å². The third-order valence-corrected chi connectivity index (χ3v) is 3.39. The van der Waals surface area contributed by atoms with E-state index in [0.29, 0.717) is 5.56 Å². The van der Waals surface area contributed by atoms with Gasteiger partial charge >= 0.3 is 0 Å². The van der Waals surface area contributed by atoms with Gasteiger partial charge in [-0.2, -0.15) is 5.26 Å². The Bertz CT molecular complexity index is 686. The van der Waals surface area contributed by atoms with Crippen LogP contribution in [0.2, 0.25) is 0 Å². The molecule has 0 aliphatic carbocycles. The third-order valence-electron chi connectivity index (χ3n) is 2.93. The van der Waals surface area contributed by atoms with E-state index in [1.807, 2.05) is 19.1 Å². The predicted molar refractivity (Wildman–Crippen MR) is 78.0 cm³/mol. The van der Waals surface area contributed by atoms with Gasteiger partial charge in [0.15, 0.2) is 5.78 Å². The minimum Gasteiger partial charge on any atom is -0.292 e. The molecule has 0 N–H and O–H groups in total. The highest BCUT2D eigenvalue weighted by molar-refractivity contribution is 9.10. The number of nitrogens with zero attached hydrogens (tertiary/aromatic N) is 1. The summed E-state index contributed by atoms with van der Waals surface area (Å²) in [6.07, 6.45) is 0. The molecule has 2 rings (SSSR count). The molecule has 0 aliphatic heterocycles. The minimum absolute atomic E-state index is 0.109. The van der Waals surface area contributed by atoms with Gasteiger partial charge in [-0.1, -0.05) is 34.1 Å². The van der Waals surface area contributed by atoms with Crippen molar-refractivity contribution in [2.75, 3.05) is 0 Å². The molecule has 0 saturated carbocycles. The Hall–Kier alpha value is -1.99. The zero-order valence-electron chi connectivity index (χ0n) is 10.7.